The number of hydrogen-bond acceptors (Lipinski definition) is 2. The Morgan fingerprint density at radius 1 is 0.970 bits per heavy atom. The average Bonchev–Trinajstić information content (AvgIpc) is 2.80. The number of fused-ring (bicyclic) bond motifs is 1. The van der Waals surface area contributed by atoms with Gasteiger partial charge in [0.15, 0.2) is 0 Å². The Morgan fingerprint density at radius 2 is 1.70 bits per heavy atom. The highest BCUT2D eigenvalue weighted by Crippen LogP contribution is 2.46. The molecule has 0 radical (unpaired) electrons. The van der Waals surface area contributed by atoms with Gasteiger partial charge >= 0.3 is 0 Å². The molecule has 2 aliphatic rings. The highest BCUT2D eigenvalue weighted by Gasteiger charge is 2.32. The predicted molar refractivity (Wildman–Crippen MR) is 133 cm³/mol. The largest absolute Gasteiger partial charge is 0.317 e. The van der Waals surface area contributed by atoms with Crippen LogP contribution in [0.1, 0.15) is 41.9 Å². The van der Waals surface area contributed by atoms with E-state index < -0.39 is 0 Å². The minimum atomic E-state index is -0.251. The van der Waals surface area contributed by atoms with Crippen LogP contribution < -0.4 is 10.2 Å². The van der Waals surface area contributed by atoms with Crippen LogP contribution in [-0.2, 0) is 11.2 Å². The van der Waals surface area contributed by atoms with Gasteiger partial charge in [-0.15, -0.1) is 0 Å². The molecule has 1 N–H and O–H groups in total. The molecule has 1 saturated heterocycles. The van der Waals surface area contributed by atoms with Gasteiger partial charge in [-0.1, -0.05) is 41.4 Å². The Hall–Kier alpha value is -2.40. The fourth-order valence-corrected chi connectivity index (χ4v) is 5.69. The smallest absolute Gasteiger partial charge is 0.231 e. The number of halogens is 3. The molecule has 0 atom stereocenters. The summed E-state index contributed by atoms with van der Waals surface area (Å²) in [7, 11) is 0. The molecular formula is C27H25Cl2FN2O. The fraction of sp³-hybridized carbons (Fsp3) is 0.296. The molecule has 0 bridgehead atoms. The second-order valence-corrected chi connectivity index (χ2v) is 9.66. The van der Waals surface area contributed by atoms with Crippen molar-refractivity contribution in [1.82, 2.24) is 5.32 Å². The summed E-state index contributed by atoms with van der Waals surface area (Å²) < 4.78 is 13.9. The van der Waals surface area contributed by atoms with Gasteiger partial charge < -0.3 is 5.32 Å². The summed E-state index contributed by atoms with van der Waals surface area (Å²) in [5.41, 5.74) is 6.53. The van der Waals surface area contributed by atoms with Crippen LogP contribution in [0.25, 0.3) is 11.1 Å². The fourth-order valence-electron chi connectivity index (χ4n) is 5.13. The van der Waals surface area contributed by atoms with Crippen molar-refractivity contribution in [1.29, 1.82) is 0 Å². The molecule has 0 saturated carbocycles. The molecule has 3 aromatic carbocycles. The second-order valence-electron chi connectivity index (χ2n) is 8.85. The lowest BCUT2D eigenvalue weighted by Crippen LogP contribution is -2.32. The number of para-hydroxylation sites is 1. The van der Waals surface area contributed by atoms with Gasteiger partial charge in [-0.25, -0.2) is 4.39 Å². The maximum absolute atomic E-state index is 13.9. The normalized spacial score (nSPS) is 16.7. The van der Waals surface area contributed by atoms with Crippen molar-refractivity contribution in [3.8, 4) is 11.1 Å². The third-order valence-electron chi connectivity index (χ3n) is 6.78. The average molecular weight is 483 g/mol. The number of hydrogen-bond donors (Lipinski definition) is 1. The van der Waals surface area contributed by atoms with E-state index in [4.69, 9.17) is 23.2 Å². The van der Waals surface area contributed by atoms with E-state index in [1.807, 2.05) is 13.0 Å². The topological polar surface area (TPSA) is 32.3 Å². The van der Waals surface area contributed by atoms with Gasteiger partial charge in [-0.2, -0.15) is 0 Å². The first-order valence-corrected chi connectivity index (χ1v) is 12.1. The van der Waals surface area contributed by atoms with E-state index >= 15 is 0 Å². The lowest BCUT2D eigenvalue weighted by molar-refractivity contribution is -0.118. The molecule has 0 aliphatic carbocycles. The summed E-state index contributed by atoms with van der Waals surface area (Å²) in [6, 6.07) is 14.6. The van der Waals surface area contributed by atoms with Crippen LogP contribution in [0.2, 0.25) is 10.0 Å². The zero-order valence-electron chi connectivity index (χ0n) is 18.4. The first-order valence-electron chi connectivity index (χ1n) is 11.3. The van der Waals surface area contributed by atoms with Crippen molar-refractivity contribution < 1.29 is 9.18 Å². The van der Waals surface area contributed by atoms with E-state index in [1.165, 1.54) is 11.6 Å². The summed E-state index contributed by atoms with van der Waals surface area (Å²) in [6.45, 7) is 3.86. The van der Waals surface area contributed by atoms with Crippen LogP contribution in [0, 0.1) is 12.7 Å². The summed E-state index contributed by atoms with van der Waals surface area (Å²) in [5.74, 6) is 0.109. The molecule has 33 heavy (non-hydrogen) atoms. The van der Waals surface area contributed by atoms with Crippen LogP contribution in [-0.4, -0.2) is 19.0 Å². The first-order chi connectivity index (χ1) is 15.9. The van der Waals surface area contributed by atoms with Gasteiger partial charge in [-0.3, -0.25) is 9.69 Å². The third-order valence-corrected chi connectivity index (χ3v) is 7.39. The third kappa shape index (κ3) is 4.16. The lowest BCUT2D eigenvalue weighted by Gasteiger charge is -2.34. The zero-order valence-corrected chi connectivity index (χ0v) is 19.9. The van der Waals surface area contributed by atoms with Gasteiger partial charge in [0.05, 0.1) is 21.4 Å². The van der Waals surface area contributed by atoms with E-state index in [2.05, 4.69) is 17.4 Å². The predicted octanol–water partition coefficient (Wildman–Crippen LogP) is 7.19. The van der Waals surface area contributed by atoms with Crippen LogP contribution in [0.15, 0.2) is 48.5 Å². The van der Waals surface area contributed by atoms with Crippen molar-refractivity contribution in [2.45, 2.75) is 38.5 Å². The van der Waals surface area contributed by atoms with Gasteiger partial charge in [0.2, 0.25) is 5.91 Å². The number of nitrogens with one attached hydrogen (secondary N) is 1. The van der Waals surface area contributed by atoms with Crippen LogP contribution in [0.5, 0.6) is 0 Å². The molecule has 3 aromatic rings. The monoisotopic (exact) mass is 482 g/mol. The lowest BCUT2D eigenvalue weighted by atomic mass is 9.83. The molecule has 0 unspecified atom stereocenters. The Balaban J connectivity index is 1.77. The number of carbonyl (C=O) groups is 1. The summed E-state index contributed by atoms with van der Waals surface area (Å²) in [6.07, 6.45) is 3.03. The Bertz CT molecular complexity index is 1220. The van der Waals surface area contributed by atoms with E-state index in [1.54, 1.807) is 29.2 Å². The van der Waals surface area contributed by atoms with Crippen LogP contribution in [0.4, 0.5) is 15.8 Å². The van der Waals surface area contributed by atoms with Gasteiger partial charge in [0.1, 0.15) is 5.82 Å². The molecule has 170 valence electrons. The van der Waals surface area contributed by atoms with Crippen molar-refractivity contribution in [3.05, 3.63) is 81.1 Å². The second kappa shape index (κ2) is 9.09. The zero-order chi connectivity index (χ0) is 23.1. The van der Waals surface area contributed by atoms with E-state index in [0.29, 0.717) is 34.5 Å². The summed E-state index contributed by atoms with van der Waals surface area (Å²) in [4.78, 5) is 14.9. The van der Waals surface area contributed by atoms with Crippen molar-refractivity contribution in [2.75, 3.05) is 18.0 Å². The van der Waals surface area contributed by atoms with Gasteiger partial charge in [0, 0.05) is 6.42 Å². The minimum Gasteiger partial charge on any atom is -0.317 e. The summed E-state index contributed by atoms with van der Waals surface area (Å²) >= 11 is 13.1. The van der Waals surface area contributed by atoms with Crippen molar-refractivity contribution >= 4 is 40.5 Å². The number of benzene rings is 3. The SMILES string of the molecule is Cc1cc(F)ccc1-c1cc(C2CCNCC2)cc2c1CCC(=O)N2c1c(Cl)cccc1Cl. The molecule has 5 rings (SSSR count). The molecule has 0 aromatic heterocycles. The molecule has 1 fully saturated rings. The Morgan fingerprint density at radius 3 is 2.39 bits per heavy atom. The highest BCUT2D eigenvalue weighted by molar-refractivity contribution is 6.40. The first kappa shape index (κ1) is 22.4. The van der Waals surface area contributed by atoms with Crippen LogP contribution in [0.3, 0.4) is 0 Å². The number of anilines is 2. The molecule has 0 spiro atoms. The number of rotatable bonds is 3. The maximum atomic E-state index is 13.9. The molecule has 6 heteroatoms. The van der Waals surface area contributed by atoms with Crippen LogP contribution >= 0.6 is 23.2 Å². The minimum absolute atomic E-state index is 0.0262. The number of carbonyl (C=O) groups excluding carboxylic acids is 1. The Labute approximate surface area is 203 Å². The number of piperidine rings is 1. The maximum Gasteiger partial charge on any atom is 0.231 e. The van der Waals surface area contributed by atoms with E-state index in [0.717, 1.165) is 53.9 Å². The van der Waals surface area contributed by atoms with Gasteiger partial charge in [0.25, 0.3) is 0 Å². The molecule has 2 aliphatic heterocycles. The molecule has 1 amide bonds. The standard InChI is InChI=1S/C27H25Cl2FN2O/c1-16-13-19(30)5-6-20(16)22-14-18(17-9-11-31-12-10-17)15-25-21(22)7-8-26(33)32(25)27-23(28)3-2-4-24(27)29/h2-6,13-15,17,31H,7-12H2,1H3. The van der Waals surface area contributed by atoms with E-state index in [9.17, 15) is 9.18 Å². The highest BCUT2D eigenvalue weighted by atomic mass is 35.5. The number of nitrogens with zero attached hydrogens (tertiary/aromatic N) is 1. The van der Waals surface area contributed by atoms with Crippen molar-refractivity contribution in [2.24, 2.45) is 0 Å². The van der Waals surface area contributed by atoms with Crippen molar-refractivity contribution in [3.63, 3.8) is 0 Å². The quantitative estimate of drug-likeness (QED) is 0.428. The molecule has 3 nitrogen and oxygen atoms in total. The van der Waals surface area contributed by atoms with E-state index in [-0.39, 0.29) is 11.7 Å². The van der Waals surface area contributed by atoms with Gasteiger partial charge in [-0.05, 0) is 103 Å². The number of amides is 1. The summed E-state index contributed by atoms with van der Waals surface area (Å²) in [5, 5.41) is 4.30. The number of aryl methyl sites for hydroxylation is 1. The molecular weight excluding hydrogens is 458 g/mol. The Kier molecular flexibility index (Phi) is 6.17. The molecule has 2 heterocycles.